The van der Waals surface area contributed by atoms with Gasteiger partial charge in [0.05, 0.1) is 24.7 Å². The summed E-state index contributed by atoms with van der Waals surface area (Å²) >= 11 is 0. The van der Waals surface area contributed by atoms with Crippen LogP contribution in [0.2, 0.25) is 0 Å². The van der Waals surface area contributed by atoms with Gasteiger partial charge >= 0.3 is 5.97 Å². The number of nitrogens with two attached hydrogens (primary N) is 1. The standard InChI is InChI=1S/C12H17N3O5/c1-2-20-10(17)4-9(16)11(18)7-3-8(6-14-5-7)12(19)15-13/h3,5-6,9,11,16,18H,2,4,13H2,1H3,(H,15,19). The number of pyridine rings is 1. The SMILES string of the molecule is CCOC(=O)CC(O)C(O)c1cncc(C(=O)NN)c1. The number of hydrogen-bond donors (Lipinski definition) is 4. The lowest BCUT2D eigenvalue weighted by atomic mass is 10.0. The van der Waals surface area contributed by atoms with Gasteiger partial charge in [-0.25, -0.2) is 5.84 Å². The van der Waals surface area contributed by atoms with Gasteiger partial charge in [0.1, 0.15) is 6.10 Å². The Morgan fingerprint density at radius 1 is 1.45 bits per heavy atom. The molecule has 0 aromatic carbocycles. The third kappa shape index (κ3) is 4.26. The molecule has 8 heteroatoms. The van der Waals surface area contributed by atoms with Gasteiger partial charge in [-0.2, -0.15) is 0 Å². The molecule has 5 N–H and O–H groups in total. The number of carbonyl (C=O) groups excluding carboxylic acids is 2. The fourth-order valence-corrected chi connectivity index (χ4v) is 1.55. The highest BCUT2D eigenvalue weighted by Crippen LogP contribution is 2.19. The molecule has 0 aliphatic heterocycles. The van der Waals surface area contributed by atoms with Crippen molar-refractivity contribution in [2.45, 2.75) is 25.6 Å². The molecule has 20 heavy (non-hydrogen) atoms. The first-order valence-electron chi connectivity index (χ1n) is 5.97. The van der Waals surface area contributed by atoms with E-state index in [0.717, 1.165) is 0 Å². The number of rotatable bonds is 6. The van der Waals surface area contributed by atoms with Gasteiger partial charge in [-0.15, -0.1) is 0 Å². The van der Waals surface area contributed by atoms with Crippen LogP contribution in [-0.4, -0.2) is 39.8 Å². The van der Waals surface area contributed by atoms with Crippen molar-refractivity contribution >= 4 is 11.9 Å². The predicted molar refractivity (Wildman–Crippen MR) is 68.1 cm³/mol. The number of nitrogen functional groups attached to an aromatic ring is 1. The van der Waals surface area contributed by atoms with Gasteiger partial charge < -0.3 is 14.9 Å². The molecule has 1 rings (SSSR count). The van der Waals surface area contributed by atoms with E-state index in [1.807, 2.05) is 5.43 Å². The number of aliphatic hydroxyl groups excluding tert-OH is 2. The van der Waals surface area contributed by atoms with Crippen molar-refractivity contribution in [1.82, 2.24) is 10.4 Å². The third-order valence-electron chi connectivity index (χ3n) is 2.54. The van der Waals surface area contributed by atoms with Crippen LogP contribution in [0.3, 0.4) is 0 Å². The second kappa shape index (κ2) is 7.53. The zero-order valence-electron chi connectivity index (χ0n) is 10.9. The van der Waals surface area contributed by atoms with E-state index >= 15 is 0 Å². The zero-order valence-corrected chi connectivity index (χ0v) is 10.9. The van der Waals surface area contributed by atoms with Crippen LogP contribution in [0, 0.1) is 0 Å². The van der Waals surface area contributed by atoms with Crippen molar-refractivity contribution in [3.63, 3.8) is 0 Å². The minimum atomic E-state index is -1.36. The smallest absolute Gasteiger partial charge is 0.308 e. The quantitative estimate of drug-likeness (QED) is 0.228. The average Bonchev–Trinajstić information content (AvgIpc) is 2.45. The van der Waals surface area contributed by atoms with E-state index in [0.29, 0.717) is 0 Å². The number of aliphatic hydroxyl groups is 2. The Hall–Kier alpha value is -2.03. The first-order valence-corrected chi connectivity index (χ1v) is 5.97. The Morgan fingerprint density at radius 2 is 2.15 bits per heavy atom. The van der Waals surface area contributed by atoms with Crippen molar-refractivity contribution in [3.05, 3.63) is 29.6 Å². The fraction of sp³-hybridized carbons (Fsp3) is 0.417. The van der Waals surface area contributed by atoms with Gasteiger partial charge in [0.25, 0.3) is 5.91 Å². The van der Waals surface area contributed by atoms with E-state index in [1.165, 1.54) is 18.5 Å². The van der Waals surface area contributed by atoms with Crippen molar-refractivity contribution in [3.8, 4) is 0 Å². The Bertz CT molecular complexity index is 480. The molecule has 0 radical (unpaired) electrons. The zero-order chi connectivity index (χ0) is 15.1. The molecule has 1 heterocycles. The number of esters is 1. The summed E-state index contributed by atoms with van der Waals surface area (Å²) in [6, 6.07) is 1.33. The Morgan fingerprint density at radius 3 is 2.75 bits per heavy atom. The number of hydrogen-bond acceptors (Lipinski definition) is 7. The molecule has 0 saturated heterocycles. The monoisotopic (exact) mass is 283 g/mol. The van der Waals surface area contributed by atoms with E-state index < -0.39 is 24.1 Å². The van der Waals surface area contributed by atoms with Gasteiger partial charge in [-0.1, -0.05) is 0 Å². The summed E-state index contributed by atoms with van der Waals surface area (Å²) in [6.45, 7) is 1.83. The minimum absolute atomic E-state index is 0.132. The van der Waals surface area contributed by atoms with Crippen LogP contribution in [0.4, 0.5) is 0 Å². The number of aromatic nitrogens is 1. The van der Waals surface area contributed by atoms with Crippen molar-refractivity contribution in [2.75, 3.05) is 6.61 Å². The van der Waals surface area contributed by atoms with Gasteiger partial charge in [0.2, 0.25) is 0 Å². The number of hydrazine groups is 1. The second-order valence-corrected chi connectivity index (χ2v) is 4.00. The normalized spacial score (nSPS) is 13.4. The molecular formula is C12H17N3O5. The topological polar surface area (TPSA) is 135 Å². The van der Waals surface area contributed by atoms with Gasteiger partial charge in [-0.05, 0) is 13.0 Å². The highest BCUT2D eigenvalue weighted by molar-refractivity contribution is 5.93. The van der Waals surface area contributed by atoms with Crippen molar-refractivity contribution < 1.29 is 24.5 Å². The lowest BCUT2D eigenvalue weighted by Gasteiger charge is -2.17. The minimum Gasteiger partial charge on any atom is -0.466 e. The second-order valence-electron chi connectivity index (χ2n) is 4.00. The number of amides is 1. The molecule has 0 aliphatic rings. The maximum atomic E-state index is 11.3. The van der Waals surface area contributed by atoms with E-state index in [-0.39, 0.29) is 24.2 Å². The first-order chi connectivity index (χ1) is 9.49. The van der Waals surface area contributed by atoms with Crippen LogP contribution in [0.5, 0.6) is 0 Å². The first kappa shape index (κ1) is 16.0. The number of nitrogens with zero attached hydrogens (tertiary/aromatic N) is 1. The number of ether oxygens (including phenoxy) is 1. The summed E-state index contributed by atoms with van der Waals surface area (Å²) in [4.78, 5) is 26.3. The van der Waals surface area contributed by atoms with Crippen LogP contribution in [0.15, 0.2) is 18.5 Å². The molecule has 8 nitrogen and oxygen atoms in total. The third-order valence-corrected chi connectivity index (χ3v) is 2.54. The molecule has 110 valence electrons. The molecule has 0 spiro atoms. The molecule has 1 amide bonds. The average molecular weight is 283 g/mol. The van der Waals surface area contributed by atoms with Crippen molar-refractivity contribution in [1.29, 1.82) is 0 Å². The van der Waals surface area contributed by atoms with Crippen LogP contribution >= 0.6 is 0 Å². The molecule has 0 saturated carbocycles. The number of nitrogens with one attached hydrogen (secondary N) is 1. The molecule has 2 unspecified atom stereocenters. The summed E-state index contributed by atoms with van der Waals surface area (Å²) < 4.78 is 4.67. The lowest BCUT2D eigenvalue weighted by Crippen LogP contribution is -2.30. The molecule has 0 fully saturated rings. The molecule has 0 bridgehead atoms. The van der Waals surface area contributed by atoms with Crippen LogP contribution in [0.25, 0.3) is 0 Å². The molecular weight excluding hydrogens is 266 g/mol. The Balaban J connectivity index is 2.78. The number of carbonyl (C=O) groups is 2. The summed E-state index contributed by atoms with van der Waals surface area (Å²) in [5.41, 5.74) is 2.26. The highest BCUT2D eigenvalue weighted by atomic mass is 16.5. The van der Waals surface area contributed by atoms with E-state index in [9.17, 15) is 19.8 Å². The van der Waals surface area contributed by atoms with E-state index in [4.69, 9.17) is 5.84 Å². The highest BCUT2D eigenvalue weighted by Gasteiger charge is 2.23. The molecule has 1 aromatic heterocycles. The van der Waals surface area contributed by atoms with Crippen molar-refractivity contribution in [2.24, 2.45) is 5.84 Å². The molecule has 1 aromatic rings. The van der Waals surface area contributed by atoms with Gasteiger partial charge in [0.15, 0.2) is 0 Å². The predicted octanol–water partition coefficient (Wildman–Crippen LogP) is -0.967. The van der Waals surface area contributed by atoms with Gasteiger partial charge in [0, 0.05) is 18.0 Å². The van der Waals surface area contributed by atoms with E-state index in [1.54, 1.807) is 6.92 Å². The Kier molecular flexibility index (Phi) is 6.04. The largest absolute Gasteiger partial charge is 0.466 e. The summed E-state index contributed by atoms with van der Waals surface area (Å²) in [5, 5.41) is 19.7. The summed E-state index contributed by atoms with van der Waals surface area (Å²) in [5.74, 6) is 3.79. The van der Waals surface area contributed by atoms with Crippen LogP contribution in [0.1, 0.15) is 35.4 Å². The Labute approximate surface area is 115 Å². The van der Waals surface area contributed by atoms with E-state index in [2.05, 4.69) is 9.72 Å². The lowest BCUT2D eigenvalue weighted by molar-refractivity contribution is -0.147. The maximum absolute atomic E-state index is 11.3. The van der Waals surface area contributed by atoms with Crippen LogP contribution < -0.4 is 11.3 Å². The summed E-state index contributed by atoms with van der Waals surface area (Å²) in [7, 11) is 0. The molecule has 0 aliphatic carbocycles. The van der Waals surface area contributed by atoms with Crippen LogP contribution in [-0.2, 0) is 9.53 Å². The van der Waals surface area contributed by atoms with Gasteiger partial charge in [-0.3, -0.25) is 20.0 Å². The summed E-state index contributed by atoms with van der Waals surface area (Å²) in [6.07, 6.45) is -0.533. The molecule has 2 atom stereocenters. The maximum Gasteiger partial charge on any atom is 0.308 e. The fourth-order valence-electron chi connectivity index (χ4n) is 1.55.